The standard InChI is InChI=1S/C21H25NO3/c1-3-4-5-16-6-8-17(9-7-16)18-10-12-19(13-11-18)21(24)22-15-14-20(23)25-2/h6-13H,3-5,14-15H2,1-2H3,(H,22,24). The number of methoxy groups -OCH3 is 1. The number of benzene rings is 2. The predicted octanol–water partition coefficient (Wildman–Crippen LogP) is 3.99. The van der Waals surface area contributed by atoms with Crippen LogP contribution in [0.15, 0.2) is 48.5 Å². The van der Waals surface area contributed by atoms with E-state index in [0.717, 1.165) is 17.5 Å². The van der Waals surface area contributed by atoms with Crippen LogP contribution in [-0.2, 0) is 16.0 Å². The molecule has 0 aliphatic rings. The molecule has 0 aliphatic carbocycles. The molecule has 0 atom stereocenters. The first-order valence-corrected chi connectivity index (χ1v) is 8.68. The van der Waals surface area contributed by atoms with Crippen LogP contribution in [0, 0.1) is 0 Å². The van der Waals surface area contributed by atoms with E-state index in [4.69, 9.17) is 0 Å². The maximum absolute atomic E-state index is 12.0. The molecule has 0 radical (unpaired) electrons. The number of esters is 1. The van der Waals surface area contributed by atoms with E-state index in [1.165, 1.54) is 25.5 Å². The molecule has 0 saturated heterocycles. The number of unbranched alkanes of at least 4 members (excludes halogenated alkanes) is 1. The van der Waals surface area contributed by atoms with E-state index in [-0.39, 0.29) is 24.8 Å². The number of amides is 1. The molecular weight excluding hydrogens is 314 g/mol. The molecule has 0 aromatic heterocycles. The maximum atomic E-state index is 12.0. The van der Waals surface area contributed by atoms with Crippen molar-refractivity contribution in [3.8, 4) is 11.1 Å². The monoisotopic (exact) mass is 339 g/mol. The summed E-state index contributed by atoms with van der Waals surface area (Å²) in [5.41, 5.74) is 4.14. The van der Waals surface area contributed by atoms with Crippen LogP contribution in [0.3, 0.4) is 0 Å². The number of rotatable bonds is 8. The average molecular weight is 339 g/mol. The summed E-state index contributed by atoms with van der Waals surface area (Å²) in [5, 5.41) is 2.71. The molecule has 2 aromatic carbocycles. The Hall–Kier alpha value is -2.62. The number of carbonyl (C=O) groups is 2. The summed E-state index contributed by atoms with van der Waals surface area (Å²) in [5.74, 6) is -0.525. The van der Waals surface area contributed by atoms with Crippen LogP contribution in [-0.4, -0.2) is 25.5 Å². The van der Waals surface area contributed by atoms with Gasteiger partial charge in [-0.15, -0.1) is 0 Å². The number of aryl methyl sites for hydroxylation is 1. The zero-order chi connectivity index (χ0) is 18.1. The molecule has 0 aliphatic heterocycles. The van der Waals surface area contributed by atoms with Crippen molar-refractivity contribution in [3.05, 3.63) is 59.7 Å². The zero-order valence-electron chi connectivity index (χ0n) is 14.9. The van der Waals surface area contributed by atoms with Crippen molar-refractivity contribution < 1.29 is 14.3 Å². The van der Waals surface area contributed by atoms with Gasteiger partial charge < -0.3 is 10.1 Å². The van der Waals surface area contributed by atoms with Gasteiger partial charge in [0.2, 0.25) is 0 Å². The molecule has 0 spiro atoms. The molecule has 1 N–H and O–H groups in total. The minimum Gasteiger partial charge on any atom is -0.469 e. The lowest BCUT2D eigenvalue weighted by Crippen LogP contribution is -2.26. The number of hydrogen-bond acceptors (Lipinski definition) is 3. The molecule has 25 heavy (non-hydrogen) atoms. The summed E-state index contributed by atoms with van der Waals surface area (Å²) in [6.07, 6.45) is 3.69. The normalized spacial score (nSPS) is 10.3. The van der Waals surface area contributed by atoms with Crippen molar-refractivity contribution in [2.45, 2.75) is 32.6 Å². The second-order valence-electron chi connectivity index (χ2n) is 5.96. The fourth-order valence-electron chi connectivity index (χ4n) is 2.54. The fourth-order valence-corrected chi connectivity index (χ4v) is 2.54. The van der Waals surface area contributed by atoms with E-state index in [0.29, 0.717) is 5.56 Å². The van der Waals surface area contributed by atoms with Crippen LogP contribution in [0.5, 0.6) is 0 Å². The number of ether oxygens (including phenoxy) is 1. The first kappa shape index (κ1) is 18.7. The number of nitrogens with one attached hydrogen (secondary N) is 1. The van der Waals surface area contributed by atoms with Gasteiger partial charge in [-0.1, -0.05) is 49.7 Å². The molecule has 4 heteroatoms. The third-order valence-corrected chi connectivity index (χ3v) is 4.10. The second-order valence-corrected chi connectivity index (χ2v) is 5.96. The lowest BCUT2D eigenvalue weighted by molar-refractivity contribution is -0.140. The van der Waals surface area contributed by atoms with Gasteiger partial charge in [-0.2, -0.15) is 0 Å². The smallest absolute Gasteiger partial charge is 0.307 e. The molecular formula is C21H25NO3. The first-order chi connectivity index (χ1) is 12.1. The van der Waals surface area contributed by atoms with Crippen LogP contribution in [0.4, 0.5) is 0 Å². The molecule has 0 heterocycles. The Morgan fingerprint density at radius 2 is 1.56 bits per heavy atom. The van der Waals surface area contributed by atoms with Gasteiger partial charge in [0.15, 0.2) is 0 Å². The summed E-state index contributed by atoms with van der Waals surface area (Å²) in [4.78, 5) is 23.1. The van der Waals surface area contributed by atoms with Crippen LogP contribution in [0.2, 0.25) is 0 Å². The van der Waals surface area contributed by atoms with Gasteiger partial charge in [-0.25, -0.2) is 0 Å². The molecule has 1 amide bonds. The van der Waals surface area contributed by atoms with Crippen molar-refractivity contribution >= 4 is 11.9 Å². The molecule has 0 bridgehead atoms. The summed E-state index contributed by atoms with van der Waals surface area (Å²) < 4.78 is 4.54. The molecule has 132 valence electrons. The van der Waals surface area contributed by atoms with Gasteiger partial charge in [0.25, 0.3) is 5.91 Å². The minimum absolute atomic E-state index is 0.171. The lowest BCUT2D eigenvalue weighted by atomic mass is 10.0. The quantitative estimate of drug-likeness (QED) is 0.740. The van der Waals surface area contributed by atoms with Crippen molar-refractivity contribution in [1.29, 1.82) is 0 Å². The Kier molecular flexibility index (Phi) is 7.20. The highest BCUT2D eigenvalue weighted by atomic mass is 16.5. The van der Waals surface area contributed by atoms with Crippen LogP contribution in [0.25, 0.3) is 11.1 Å². The first-order valence-electron chi connectivity index (χ1n) is 8.68. The second kappa shape index (κ2) is 9.62. The van der Waals surface area contributed by atoms with Crippen molar-refractivity contribution in [2.24, 2.45) is 0 Å². The molecule has 0 saturated carbocycles. The Labute approximate surface area is 149 Å². The summed E-state index contributed by atoms with van der Waals surface area (Å²) in [6, 6.07) is 16.1. The van der Waals surface area contributed by atoms with Crippen molar-refractivity contribution in [1.82, 2.24) is 5.32 Å². The Morgan fingerprint density at radius 1 is 0.960 bits per heavy atom. The SMILES string of the molecule is CCCCc1ccc(-c2ccc(C(=O)NCCC(=O)OC)cc2)cc1. The molecule has 2 aromatic rings. The van der Waals surface area contributed by atoms with E-state index in [1.54, 1.807) is 12.1 Å². The van der Waals surface area contributed by atoms with Crippen molar-refractivity contribution in [2.75, 3.05) is 13.7 Å². The Bertz CT molecular complexity index is 690. The average Bonchev–Trinajstić information content (AvgIpc) is 2.66. The third-order valence-electron chi connectivity index (χ3n) is 4.10. The zero-order valence-corrected chi connectivity index (χ0v) is 14.9. The predicted molar refractivity (Wildman–Crippen MR) is 99.5 cm³/mol. The topological polar surface area (TPSA) is 55.4 Å². The Morgan fingerprint density at radius 3 is 2.12 bits per heavy atom. The molecule has 4 nitrogen and oxygen atoms in total. The van der Waals surface area contributed by atoms with Gasteiger partial charge in [0.05, 0.1) is 13.5 Å². The summed E-state index contributed by atoms with van der Waals surface area (Å²) >= 11 is 0. The highest BCUT2D eigenvalue weighted by Gasteiger charge is 2.07. The van der Waals surface area contributed by atoms with Gasteiger partial charge in [-0.05, 0) is 41.7 Å². The highest BCUT2D eigenvalue weighted by molar-refractivity contribution is 5.94. The largest absolute Gasteiger partial charge is 0.469 e. The van der Waals surface area contributed by atoms with E-state index >= 15 is 0 Å². The number of carbonyl (C=O) groups excluding carboxylic acids is 2. The van der Waals surface area contributed by atoms with Crippen molar-refractivity contribution in [3.63, 3.8) is 0 Å². The molecule has 2 rings (SSSR count). The van der Waals surface area contributed by atoms with Crippen LogP contribution in [0.1, 0.15) is 42.1 Å². The summed E-state index contributed by atoms with van der Waals surface area (Å²) in [6.45, 7) is 2.47. The Balaban J connectivity index is 1.94. The third kappa shape index (κ3) is 5.75. The van der Waals surface area contributed by atoms with Crippen LogP contribution < -0.4 is 5.32 Å². The van der Waals surface area contributed by atoms with E-state index in [1.807, 2.05) is 12.1 Å². The van der Waals surface area contributed by atoms with Gasteiger partial charge >= 0.3 is 5.97 Å². The fraction of sp³-hybridized carbons (Fsp3) is 0.333. The maximum Gasteiger partial charge on any atom is 0.307 e. The van der Waals surface area contributed by atoms with Gasteiger partial charge in [-0.3, -0.25) is 9.59 Å². The van der Waals surface area contributed by atoms with E-state index < -0.39 is 0 Å². The molecule has 0 unspecified atom stereocenters. The van der Waals surface area contributed by atoms with Crippen LogP contribution >= 0.6 is 0 Å². The number of hydrogen-bond donors (Lipinski definition) is 1. The van der Waals surface area contributed by atoms with Gasteiger partial charge in [0, 0.05) is 12.1 Å². The van der Waals surface area contributed by atoms with E-state index in [9.17, 15) is 9.59 Å². The minimum atomic E-state index is -0.335. The van der Waals surface area contributed by atoms with E-state index in [2.05, 4.69) is 41.2 Å². The molecule has 0 fully saturated rings. The summed E-state index contributed by atoms with van der Waals surface area (Å²) in [7, 11) is 1.33. The van der Waals surface area contributed by atoms with Gasteiger partial charge in [0.1, 0.15) is 0 Å². The highest BCUT2D eigenvalue weighted by Crippen LogP contribution is 2.21. The lowest BCUT2D eigenvalue weighted by Gasteiger charge is -2.07.